The molecule has 0 spiro atoms. The molecule has 30 nitrogen and oxygen atoms in total. The Hall–Kier alpha value is -6.83. The number of nitrogens with one attached hydrogen (secondary N) is 1. The summed E-state index contributed by atoms with van der Waals surface area (Å²) in [6.45, 7) is 16.6. The monoisotopic (exact) mass is 1350 g/mol. The summed E-state index contributed by atoms with van der Waals surface area (Å²) in [6, 6.07) is -1.07. The number of nitrogens with two attached hydrogens (primary N) is 7. The van der Waals surface area contributed by atoms with Crippen LogP contribution in [0.2, 0.25) is 0 Å². The molecular weight excluding hydrogens is 1260 g/mol. The summed E-state index contributed by atoms with van der Waals surface area (Å²) in [6.07, 6.45) is -5.54. The molecule has 1 unspecified atom stereocenters. The number of aliphatic hydroxyl groups is 2. The van der Waals surface area contributed by atoms with Gasteiger partial charge < -0.3 is 87.1 Å². The van der Waals surface area contributed by atoms with Gasteiger partial charge in [0.2, 0.25) is 41.4 Å². The number of nitrogens with zero attached hydrogens (tertiary/aromatic N) is 8. The van der Waals surface area contributed by atoms with Gasteiger partial charge in [-0.05, 0) is 88.9 Å². The molecule has 2 fully saturated rings. The molecule has 2 aromatic heterocycles. The van der Waals surface area contributed by atoms with Gasteiger partial charge in [-0.25, -0.2) is 15.0 Å². The van der Waals surface area contributed by atoms with Gasteiger partial charge in [-0.1, -0.05) is 40.7 Å². The maximum atomic E-state index is 14.3. The van der Waals surface area contributed by atoms with E-state index in [4.69, 9.17) is 74.2 Å². The Morgan fingerprint density at radius 1 is 0.815 bits per heavy atom. The summed E-state index contributed by atoms with van der Waals surface area (Å²) in [5.74, 6) is -7.17. The summed E-state index contributed by atoms with van der Waals surface area (Å²) in [4.78, 5) is 136. The molecule has 8 heterocycles. The number of phosphoric ester groups is 1. The molecule has 32 heteroatoms. The van der Waals surface area contributed by atoms with E-state index in [9.17, 15) is 53.2 Å². The number of amides is 7. The number of aryl methyl sites for hydroxylation is 1. The average Bonchev–Trinajstić information content (AvgIpc) is 1.54. The van der Waals surface area contributed by atoms with Crippen LogP contribution in [0.3, 0.4) is 0 Å². The summed E-state index contributed by atoms with van der Waals surface area (Å²) >= 11 is 0. The molecule has 17 N–H and O–H groups in total. The van der Waals surface area contributed by atoms with Crippen molar-refractivity contribution in [2.24, 2.45) is 94.7 Å². The van der Waals surface area contributed by atoms with E-state index in [-0.39, 0.29) is 112 Å². The number of primary amides is 6. The number of hydrogen-bond donors (Lipinski definition) is 10. The van der Waals surface area contributed by atoms with Crippen LogP contribution in [0.25, 0.3) is 16.5 Å². The second-order valence-electron chi connectivity index (χ2n) is 26.4. The van der Waals surface area contributed by atoms with Crippen molar-refractivity contribution in [1.82, 2.24) is 24.8 Å². The fourth-order valence-corrected chi connectivity index (χ4v) is 16.2. The van der Waals surface area contributed by atoms with E-state index in [1.54, 1.807) is 20.8 Å². The molecule has 0 aromatic carbocycles. The number of phosphoric acid groups is 1. The molecule has 92 heavy (non-hydrogen) atoms. The van der Waals surface area contributed by atoms with Gasteiger partial charge in [-0.15, -0.1) is 0 Å². The third-order valence-electron chi connectivity index (χ3n) is 19.9. The van der Waals surface area contributed by atoms with E-state index in [2.05, 4.69) is 20.3 Å². The number of allylic oxidation sites excluding steroid dienone is 6. The van der Waals surface area contributed by atoms with Gasteiger partial charge in [0.05, 0.1) is 23.9 Å². The minimum atomic E-state index is -5.37. The van der Waals surface area contributed by atoms with E-state index in [0.29, 0.717) is 51.2 Å². The van der Waals surface area contributed by atoms with Crippen LogP contribution in [0, 0.1) is 59.7 Å². The third kappa shape index (κ3) is 14.0. The Labute approximate surface area is 544 Å². The van der Waals surface area contributed by atoms with E-state index < -0.39 is 150 Å². The molecule has 1 radical (unpaired) electrons. The summed E-state index contributed by atoms with van der Waals surface area (Å²) in [7, 11) is -5.37. The molecule has 2 aromatic rings. The van der Waals surface area contributed by atoms with E-state index >= 15 is 0 Å². The zero-order valence-corrected chi connectivity index (χ0v) is 55.7. The Morgan fingerprint density at radius 2 is 1.41 bits per heavy atom. The number of aliphatic hydroxyl groups excluding tert-OH is 2. The van der Waals surface area contributed by atoms with Crippen molar-refractivity contribution in [3.8, 4) is 0 Å². The first-order valence-electron chi connectivity index (χ1n) is 30.0. The van der Waals surface area contributed by atoms with Crippen molar-refractivity contribution >= 4 is 83.3 Å². The maximum Gasteiger partial charge on any atom is 0.268 e. The van der Waals surface area contributed by atoms with Gasteiger partial charge in [0, 0.05) is 125 Å². The van der Waals surface area contributed by atoms with Gasteiger partial charge in [0.15, 0.2) is 17.7 Å². The van der Waals surface area contributed by atoms with Gasteiger partial charge in [0.25, 0.3) is 7.82 Å². The first kappa shape index (κ1) is 74.2. The van der Waals surface area contributed by atoms with Crippen LogP contribution in [0.4, 0.5) is 5.82 Å². The number of carbonyl (C=O) groups is 7. The molecule has 8 rings (SSSR count). The second kappa shape index (κ2) is 27.6. The molecule has 2 saturated heterocycles. The van der Waals surface area contributed by atoms with Crippen LogP contribution in [0.15, 0.2) is 55.6 Å². The zero-order chi connectivity index (χ0) is 66.7. The van der Waals surface area contributed by atoms with Crippen molar-refractivity contribution < 1.29 is 83.8 Å². The predicted molar refractivity (Wildman–Crippen MR) is 333 cm³/mol. The second-order valence-corrected chi connectivity index (χ2v) is 27.7. The number of aliphatic imine (C=N–C) groups is 3. The van der Waals surface area contributed by atoms with Crippen LogP contribution in [-0.4, -0.2) is 137 Å². The number of fused-ring (bicyclic) bond motifs is 7. The van der Waals surface area contributed by atoms with Crippen LogP contribution in [0.1, 0.15) is 145 Å². The number of aromatic nitrogens is 4. The zero-order valence-electron chi connectivity index (χ0n) is 53.8. The quantitative estimate of drug-likeness (QED) is 0.0474. The first-order valence-corrected chi connectivity index (χ1v) is 31.5. The topological polar surface area (TPSA) is 517 Å². The van der Waals surface area contributed by atoms with Crippen molar-refractivity contribution in [3.05, 3.63) is 59.2 Å². The average molecular weight is 1350 g/mol. The number of anilines is 1. The smallest absolute Gasteiger partial charge is 0.268 e. The van der Waals surface area contributed by atoms with E-state index in [1.807, 2.05) is 47.6 Å². The maximum absolute atomic E-state index is 14.3. The van der Waals surface area contributed by atoms with Gasteiger partial charge in [0.1, 0.15) is 36.0 Å². The van der Waals surface area contributed by atoms with Crippen LogP contribution >= 0.6 is 7.82 Å². The van der Waals surface area contributed by atoms with Gasteiger partial charge in [-0.3, -0.25) is 57.7 Å². The fraction of sp³-hybridized carbons (Fsp3) is 0.633. The number of hydrogen-bond acceptors (Lipinski definition) is 21. The first-order chi connectivity index (χ1) is 41.8. The number of ether oxygens (including phenoxy) is 1. The third-order valence-corrected chi connectivity index (χ3v) is 21.0. The van der Waals surface area contributed by atoms with Crippen molar-refractivity contribution in [2.75, 3.05) is 18.9 Å². The van der Waals surface area contributed by atoms with Crippen LogP contribution in [-0.2, 0) is 68.7 Å². The van der Waals surface area contributed by atoms with Crippen molar-refractivity contribution in [3.63, 3.8) is 0 Å². The molecule has 0 saturated carbocycles. The minimum absolute atomic E-state index is 0. The molecule has 6 aliphatic rings. The SMILES string of the molecule is C/C1=C2N=C(/C=C3N=C(/C(C)=C4\[N-][C@H]([C@H](CC(N)=O)[C@]4(C)CCC(=O)NC[C@H](C)OP(=O)([O-])O[C@H]4[C@@H](O)[C@@H](n5cnc6nc(C)nc(N)c65)O[C@@H]4CO)[C@]4(C)N=C1[C@@H](CCC(N)=O)[C@]4(C)CC(N)=O)[C@@H](CCC(N)=O)C\3(C)C)[C@@H](CCC(N)=O)[C@]/2(C)CC(N)=O.[CH3-].[Co]. The van der Waals surface area contributed by atoms with Gasteiger partial charge in [-0.2, -0.15) is 5.70 Å². The van der Waals surface area contributed by atoms with Crippen molar-refractivity contribution in [1.29, 1.82) is 0 Å². The summed E-state index contributed by atoms with van der Waals surface area (Å²) in [5.41, 5.74) is 39.9. The van der Waals surface area contributed by atoms with E-state index in [1.165, 1.54) is 17.8 Å². The Morgan fingerprint density at radius 3 is 1.99 bits per heavy atom. The normalized spacial score (nSPS) is 33.5. The van der Waals surface area contributed by atoms with Crippen LogP contribution < -0.4 is 50.3 Å². The van der Waals surface area contributed by atoms with E-state index in [0.717, 1.165) is 0 Å². The van der Waals surface area contributed by atoms with Gasteiger partial charge >= 0.3 is 0 Å². The molecular formula is C60H88CoN16O14P-3. The Balaban J connectivity index is 0.00000672. The molecule has 7 amide bonds. The number of rotatable bonds is 26. The molecule has 15 atom stereocenters. The molecule has 6 aliphatic heterocycles. The van der Waals surface area contributed by atoms with Crippen LogP contribution in [0.5, 0.6) is 0 Å². The fourth-order valence-electron chi connectivity index (χ4n) is 15.1. The standard InChI is InChI=1S/C59H87N16O14P.CH3.Co/c1-26(88-90(85,86)89-48-35(24-76)87-54(47(48)84)75-25-68-53-46(75)52(66)69-29(4)70-53)23-67-43(83)17-18-56(7)33(19-40(63)80)51-59(10)58(9,22-42(65)82)32(13-16-39(62)79)45(74-59)28(3)50-57(8,21-41(64)81)30(11-14-37(60)77)34(71-50)20-36-55(5,6)31(12-15-38(61)78)44(72-36)27(2)49(56)73-51;;/h20,25-26,30-33,35,47-48,51,54,76,84H,11-19,21-24H2,1-10H3,(H17,60,61,62,63,64,65,66,67,69,70,71,72,73,74,77,78,79,80,81,82,83,85,86);1H3;/q;-1;/p-2/t26-,30+,31+,32+,33-,35+,47+,48+,51+,54-,56-,57-,58-,59-;;/m0../s1. The summed E-state index contributed by atoms with van der Waals surface area (Å²) < 4.78 is 31.4. The Bertz CT molecular complexity index is 3550. The largest absolute Gasteiger partial charge is 0.756 e. The number of imidazole rings is 1. The molecule has 509 valence electrons. The molecule has 8 bridgehead atoms. The Kier molecular flexibility index (Phi) is 22.3. The van der Waals surface area contributed by atoms with Crippen molar-refractivity contribution in [2.45, 2.75) is 182 Å². The number of carbonyl (C=O) groups excluding carboxylic acids is 7. The minimum Gasteiger partial charge on any atom is -0.756 e. The predicted octanol–water partition coefficient (Wildman–Crippen LogP) is 1.83. The number of nitrogen functional groups attached to an aromatic ring is 1. The summed E-state index contributed by atoms with van der Waals surface area (Å²) in [5, 5.41) is 30.0. The molecule has 0 aliphatic carbocycles.